The van der Waals surface area contributed by atoms with Gasteiger partial charge in [-0.05, 0) is 30.0 Å². The van der Waals surface area contributed by atoms with Crippen LogP contribution in [0.1, 0.15) is 25.0 Å². The molecule has 69 valence electrons. The minimum atomic E-state index is 0.886. The predicted octanol–water partition coefficient (Wildman–Crippen LogP) is 2.29. The number of rotatable bonds is 4. The highest BCUT2D eigenvalue weighted by atomic mass is 16.1. The number of benzene rings is 1. The van der Waals surface area contributed by atoms with Gasteiger partial charge < -0.3 is 5.32 Å². The normalized spacial score (nSPS) is 9.69. The van der Waals surface area contributed by atoms with E-state index in [1.165, 1.54) is 5.56 Å². The van der Waals surface area contributed by atoms with Gasteiger partial charge in [-0.25, -0.2) is 0 Å². The summed E-state index contributed by atoms with van der Waals surface area (Å²) in [6.07, 6.45) is 3.62. The molecule has 0 aliphatic rings. The van der Waals surface area contributed by atoms with Gasteiger partial charge in [-0.2, -0.15) is 0 Å². The molecule has 2 heteroatoms. The van der Waals surface area contributed by atoms with Crippen LogP contribution in [0, 0.1) is 0 Å². The van der Waals surface area contributed by atoms with Crippen molar-refractivity contribution in [1.29, 1.82) is 0 Å². The van der Waals surface area contributed by atoms with Crippen LogP contribution in [0.2, 0.25) is 0 Å². The van der Waals surface area contributed by atoms with Crippen LogP contribution in [0.5, 0.6) is 0 Å². The summed E-state index contributed by atoms with van der Waals surface area (Å²) in [6.45, 7) is 4.16. The highest BCUT2D eigenvalue weighted by Gasteiger charge is 2.00. The van der Waals surface area contributed by atoms with Gasteiger partial charge in [0.05, 0.1) is 0 Å². The van der Waals surface area contributed by atoms with Crippen molar-refractivity contribution in [3.05, 3.63) is 29.3 Å². The van der Waals surface area contributed by atoms with Gasteiger partial charge in [0.25, 0.3) is 0 Å². The van der Waals surface area contributed by atoms with Crippen LogP contribution >= 0.6 is 0 Å². The van der Waals surface area contributed by atoms with Gasteiger partial charge in [0.2, 0.25) is 0 Å². The molecule has 13 heavy (non-hydrogen) atoms. The van der Waals surface area contributed by atoms with Crippen molar-refractivity contribution in [2.45, 2.75) is 26.7 Å². The van der Waals surface area contributed by atoms with E-state index in [9.17, 15) is 4.79 Å². The van der Waals surface area contributed by atoms with Crippen molar-refractivity contribution in [3.8, 4) is 0 Å². The number of carbonyl (C=O) groups excluding carboxylic acids is 1. The van der Waals surface area contributed by atoms with E-state index in [1.54, 1.807) is 6.41 Å². The summed E-state index contributed by atoms with van der Waals surface area (Å²) >= 11 is 0. The summed E-state index contributed by atoms with van der Waals surface area (Å²) < 4.78 is 0. The van der Waals surface area contributed by atoms with E-state index >= 15 is 0 Å². The molecule has 1 N–H and O–H groups in total. The maximum Gasteiger partial charge on any atom is 0.314 e. The van der Waals surface area contributed by atoms with E-state index in [1.807, 2.05) is 6.07 Å². The Bertz CT molecular complexity index is 294. The first-order valence-electron chi connectivity index (χ1n) is 4.56. The molecule has 0 saturated carbocycles. The summed E-state index contributed by atoms with van der Waals surface area (Å²) in [5.74, 6) is 0. The van der Waals surface area contributed by atoms with Crippen molar-refractivity contribution in [2.24, 2.45) is 0 Å². The smallest absolute Gasteiger partial charge is 0.314 e. The van der Waals surface area contributed by atoms with Crippen molar-refractivity contribution in [3.63, 3.8) is 0 Å². The van der Waals surface area contributed by atoms with Crippen molar-refractivity contribution >= 4 is 12.1 Å². The molecule has 0 aromatic heterocycles. The van der Waals surface area contributed by atoms with E-state index < -0.39 is 0 Å². The molecule has 0 aliphatic heterocycles. The number of hydrogen-bond acceptors (Lipinski definition) is 1. The summed E-state index contributed by atoms with van der Waals surface area (Å²) in [5, 5.41) is 2.60. The molecule has 1 aromatic carbocycles. The molecule has 0 bridgehead atoms. The zero-order valence-electron chi connectivity index (χ0n) is 8.05. The lowest BCUT2D eigenvalue weighted by Gasteiger charge is -2.07. The van der Waals surface area contributed by atoms with Crippen LogP contribution in [0.25, 0.3) is 0 Å². The van der Waals surface area contributed by atoms with Crippen LogP contribution < -0.4 is 5.32 Å². The molecular formula is C11H14NO. The first kappa shape index (κ1) is 9.78. The van der Waals surface area contributed by atoms with Crippen LogP contribution in [0.4, 0.5) is 5.69 Å². The molecule has 0 aliphatic carbocycles. The largest absolute Gasteiger partial charge is 0.318 e. The third kappa shape index (κ3) is 2.31. The number of amides is 1. The Kier molecular flexibility index (Phi) is 3.50. The van der Waals surface area contributed by atoms with E-state index in [0.29, 0.717) is 0 Å². The van der Waals surface area contributed by atoms with Crippen LogP contribution in [0.3, 0.4) is 0 Å². The second kappa shape index (κ2) is 4.65. The fourth-order valence-corrected chi connectivity index (χ4v) is 1.32. The highest BCUT2D eigenvalue weighted by molar-refractivity contribution is 5.74. The molecule has 1 aromatic rings. The monoisotopic (exact) mass is 176 g/mol. The molecule has 2 nitrogen and oxygen atoms in total. The lowest BCUT2D eigenvalue weighted by molar-refractivity contribution is 0.561. The Labute approximate surface area is 79.0 Å². The Morgan fingerprint density at radius 2 is 2.08 bits per heavy atom. The Balaban J connectivity index is 3.01. The minimum Gasteiger partial charge on any atom is -0.318 e. The van der Waals surface area contributed by atoms with Crippen molar-refractivity contribution in [1.82, 2.24) is 0 Å². The molecule has 1 radical (unpaired) electrons. The molecule has 1 amide bonds. The van der Waals surface area contributed by atoms with Crippen LogP contribution in [0.15, 0.2) is 18.2 Å². The lowest BCUT2D eigenvalue weighted by Crippen LogP contribution is -1.99. The first-order chi connectivity index (χ1) is 6.31. The Hall–Kier alpha value is -1.31. The third-order valence-corrected chi connectivity index (χ3v) is 2.15. The molecule has 0 fully saturated rings. The Morgan fingerprint density at radius 1 is 1.31 bits per heavy atom. The van der Waals surface area contributed by atoms with Gasteiger partial charge in [-0.1, -0.05) is 26.0 Å². The topological polar surface area (TPSA) is 29.1 Å². The minimum absolute atomic E-state index is 0.886. The number of anilines is 1. The van der Waals surface area contributed by atoms with E-state index in [-0.39, 0.29) is 0 Å². The average molecular weight is 176 g/mol. The summed E-state index contributed by atoms with van der Waals surface area (Å²) in [6, 6.07) is 6.15. The number of nitrogens with one attached hydrogen (secondary N) is 1. The van der Waals surface area contributed by atoms with Gasteiger partial charge in [0.15, 0.2) is 0 Å². The zero-order valence-corrected chi connectivity index (χ0v) is 8.05. The van der Waals surface area contributed by atoms with Crippen LogP contribution in [-0.4, -0.2) is 6.41 Å². The highest BCUT2D eigenvalue weighted by Crippen LogP contribution is 2.18. The van der Waals surface area contributed by atoms with Gasteiger partial charge >= 0.3 is 6.41 Å². The van der Waals surface area contributed by atoms with Gasteiger partial charge in [-0.3, -0.25) is 4.79 Å². The number of aryl methyl sites for hydroxylation is 2. The number of hydrogen-bond donors (Lipinski definition) is 1. The summed E-state index contributed by atoms with van der Waals surface area (Å²) in [4.78, 5) is 10.2. The second-order valence-corrected chi connectivity index (χ2v) is 2.93. The van der Waals surface area contributed by atoms with Crippen molar-refractivity contribution < 1.29 is 4.79 Å². The van der Waals surface area contributed by atoms with Crippen molar-refractivity contribution in [2.75, 3.05) is 5.32 Å². The fourth-order valence-electron chi connectivity index (χ4n) is 1.32. The van der Waals surface area contributed by atoms with Crippen LogP contribution in [-0.2, 0) is 17.6 Å². The first-order valence-corrected chi connectivity index (χ1v) is 4.56. The van der Waals surface area contributed by atoms with Gasteiger partial charge in [0.1, 0.15) is 0 Å². The molecule has 0 unspecified atom stereocenters. The molecule has 0 saturated heterocycles. The molecule has 0 heterocycles. The quantitative estimate of drug-likeness (QED) is 0.701. The summed E-state index contributed by atoms with van der Waals surface area (Å²) in [7, 11) is 0. The summed E-state index contributed by atoms with van der Waals surface area (Å²) in [5.41, 5.74) is 3.27. The van der Waals surface area contributed by atoms with Gasteiger partial charge in [-0.15, -0.1) is 0 Å². The van der Waals surface area contributed by atoms with Gasteiger partial charge in [0, 0.05) is 5.69 Å². The standard InChI is InChI=1S/C11H14NO/c1-3-9-5-6-10(4-2)11(7-9)12-8-13/h5-7H,3-4H2,1-2H3,(H,12,13). The maximum absolute atomic E-state index is 10.2. The Morgan fingerprint density at radius 3 is 2.62 bits per heavy atom. The second-order valence-electron chi connectivity index (χ2n) is 2.93. The fraction of sp³-hybridized carbons (Fsp3) is 0.364. The van der Waals surface area contributed by atoms with E-state index in [2.05, 4.69) is 31.3 Å². The SMILES string of the molecule is CCc1ccc(CC)c(N[C]=O)c1. The molecule has 0 spiro atoms. The van der Waals surface area contributed by atoms with E-state index in [0.717, 1.165) is 24.1 Å². The zero-order chi connectivity index (χ0) is 9.68. The predicted molar refractivity (Wildman–Crippen MR) is 54.5 cm³/mol. The average Bonchev–Trinajstić information content (AvgIpc) is 2.18. The maximum atomic E-state index is 10.2. The molecule has 0 atom stereocenters. The third-order valence-electron chi connectivity index (χ3n) is 2.15. The lowest BCUT2D eigenvalue weighted by atomic mass is 10.1. The van der Waals surface area contributed by atoms with E-state index in [4.69, 9.17) is 0 Å². The molecular weight excluding hydrogens is 162 g/mol. The molecule has 1 rings (SSSR count).